The minimum absolute atomic E-state index is 0.0734. The number of ether oxygens (including phenoxy) is 3. The molecular weight excluding hydrogens is 745 g/mol. The number of esters is 3. The maximum absolute atomic E-state index is 12.8. The van der Waals surface area contributed by atoms with Gasteiger partial charge >= 0.3 is 17.9 Å². The Labute approximate surface area is 373 Å². The number of hydrogen-bond donors (Lipinski definition) is 0. The van der Waals surface area contributed by atoms with Crippen LogP contribution < -0.4 is 0 Å². The zero-order chi connectivity index (χ0) is 43.7. The average Bonchev–Trinajstić information content (AvgIpc) is 3.24. The highest BCUT2D eigenvalue weighted by Crippen LogP contribution is 2.16. The maximum Gasteiger partial charge on any atom is 0.306 e. The van der Waals surface area contributed by atoms with Crippen LogP contribution in [0.15, 0.2) is 24.3 Å². The first-order valence-corrected chi connectivity index (χ1v) is 26.3. The fraction of sp³-hybridized carbons (Fsp3) is 0.870. The summed E-state index contributed by atoms with van der Waals surface area (Å²) in [6.07, 6.45) is 55.9. The quantitative estimate of drug-likeness (QED) is 0.0263. The molecule has 60 heavy (non-hydrogen) atoms. The van der Waals surface area contributed by atoms with Crippen molar-refractivity contribution in [3.8, 4) is 0 Å². The van der Waals surface area contributed by atoms with Crippen molar-refractivity contribution in [2.45, 2.75) is 290 Å². The molecule has 6 nitrogen and oxygen atoms in total. The molecule has 0 aliphatic carbocycles. The first kappa shape index (κ1) is 57.9. The highest BCUT2D eigenvalue weighted by Gasteiger charge is 2.19. The highest BCUT2D eigenvalue weighted by atomic mass is 16.6. The standard InChI is InChI=1S/C54H100O6/c1-4-7-10-13-16-19-22-25-26-27-28-30-32-35-38-41-44-47-53(56)59-50-51(49-58-52(55)46-43-40-37-34-31-24-21-18-15-12-9-6-3)60-54(57)48-45-42-39-36-33-29-23-20-17-14-11-8-5-2/h18,20-21,23,51H,4-17,19,22,24-50H2,1-3H3/b21-18-,23-20-. The second-order valence-corrected chi connectivity index (χ2v) is 17.8. The summed E-state index contributed by atoms with van der Waals surface area (Å²) in [6, 6.07) is 0. The van der Waals surface area contributed by atoms with Gasteiger partial charge in [-0.1, -0.05) is 218 Å². The molecule has 0 heterocycles. The largest absolute Gasteiger partial charge is 0.462 e. The monoisotopic (exact) mass is 845 g/mol. The third kappa shape index (κ3) is 46.9. The second kappa shape index (κ2) is 49.5. The summed E-state index contributed by atoms with van der Waals surface area (Å²) in [5.41, 5.74) is 0. The molecule has 0 aliphatic rings. The van der Waals surface area contributed by atoms with Crippen molar-refractivity contribution in [2.75, 3.05) is 13.2 Å². The van der Waals surface area contributed by atoms with Crippen LogP contribution in [0.2, 0.25) is 0 Å². The van der Waals surface area contributed by atoms with E-state index in [1.807, 2.05) is 0 Å². The van der Waals surface area contributed by atoms with E-state index in [-0.39, 0.29) is 31.1 Å². The van der Waals surface area contributed by atoms with Gasteiger partial charge in [0.2, 0.25) is 0 Å². The van der Waals surface area contributed by atoms with Crippen molar-refractivity contribution in [1.82, 2.24) is 0 Å². The van der Waals surface area contributed by atoms with Gasteiger partial charge in [-0.15, -0.1) is 0 Å². The van der Waals surface area contributed by atoms with E-state index in [4.69, 9.17) is 14.2 Å². The van der Waals surface area contributed by atoms with Gasteiger partial charge in [0.25, 0.3) is 0 Å². The summed E-state index contributed by atoms with van der Waals surface area (Å²) >= 11 is 0. The molecular formula is C54H100O6. The van der Waals surface area contributed by atoms with Gasteiger partial charge in [0.1, 0.15) is 13.2 Å². The van der Waals surface area contributed by atoms with Crippen LogP contribution in [0.3, 0.4) is 0 Å². The number of carbonyl (C=O) groups excluding carboxylic acids is 3. The number of unbranched alkanes of at least 4 members (excludes halogenated alkanes) is 33. The van der Waals surface area contributed by atoms with Crippen LogP contribution in [-0.2, 0) is 28.6 Å². The Morgan fingerprint density at radius 3 is 0.883 bits per heavy atom. The van der Waals surface area contributed by atoms with Crippen LogP contribution in [-0.4, -0.2) is 37.2 Å². The Bertz CT molecular complexity index is 973. The van der Waals surface area contributed by atoms with Crippen molar-refractivity contribution < 1.29 is 28.6 Å². The van der Waals surface area contributed by atoms with E-state index in [1.165, 1.54) is 173 Å². The molecule has 0 aliphatic heterocycles. The SMILES string of the molecule is CCCCC/C=C\CCCCCCCC(=O)OCC(COC(=O)CCCCCCCCCCCCCCCCCCC)OC(=O)CCCCCCC/C=C\CCCCCC. The van der Waals surface area contributed by atoms with E-state index < -0.39 is 6.10 Å². The van der Waals surface area contributed by atoms with E-state index in [1.54, 1.807) is 0 Å². The van der Waals surface area contributed by atoms with E-state index in [9.17, 15) is 14.4 Å². The van der Waals surface area contributed by atoms with Gasteiger partial charge in [0.05, 0.1) is 0 Å². The van der Waals surface area contributed by atoms with Crippen LogP contribution in [0.5, 0.6) is 0 Å². The molecule has 0 saturated heterocycles. The van der Waals surface area contributed by atoms with Crippen LogP contribution in [0.25, 0.3) is 0 Å². The molecule has 0 aromatic carbocycles. The Morgan fingerprint density at radius 1 is 0.317 bits per heavy atom. The van der Waals surface area contributed by atoms with Gasteiger partial charge in [-0.25, -0.2) is 0 Å². The molecule has 0 fully saturated rings. The predicted molar refractivity (Wildman–Crippen MR) is 256 cm³/mol. The lowest BCUT2D eigenvalue weighted by atomic mass is 10.0. The molecule has 352 valence electrons. The van der Waals surface area contributed by atoms with Gasteiger partial charge in [-0.3, -0.25) is 14.4 Å². The Hall–Kier alpha value is -2.11. The molecule has 0 spiro atoms. The van der Waals surface area contributed by atoms with Crippen LogP contribution >= 0.6 is 0 Å². The lowest BCUT2D eigenvalue weighted by Gasteiger charge is -2.18. The van der Waals surface area contributed by atoms with Gasteiger partial charge < -0.3 is 14.2 Å². The number of carbonyl (C=O) groups is 3. The van der Waals surface area contributed by atoms with Gasteiger partial charge in [-0.2, -0.15) is 0 Å². The Morgan fingerprint density at radius 2 is 0.550 bits per heavy atom. The van der Waals surface area contributed by atoms with Crippen LogP contribution in [0.1, 0.15) is 284 Å². The zero-order valence-corrected chi connectivity index (χ0v) is 40.2. The van der Waals surface area contributed by atoms with E-state index >= 15 is 0 Å². The first-order valence-electron chi connectivity index (χ1n) is 26.3. The molecule has 0 rings (SSSR count). The van der Waals surface area contributed by atoms with E-state index in [0.29, 0.717) is 19.3 Å². The molecule has 0 N–H and O–H groups in total. The third-order valence-corrected chi connectivity index (χ3v) is 11.7. The Balaban J connectivity index is 4.32. The van der Waals surface area contributed by atoms with E-state index in [2.05, 4.69) is 45.1 Å². The van der Waals surface area contributed by atoms with Crippen molar-refractivity contribution in [1.29, 1.82) is 0 Å². The molecule has 0 amide bonds. The molecule has 1 unspecified atom stereocenters. The summed E-state index contributed by atoms with van der Waals surface area (Å²) in [6.45, 7) is 6.61. The van der Waals surface area contributed by atoms with Crippen molar-refractivity contribution in [3.63, 3.8) is 0 Å². The summed E-state index contributed by atoms with van der Waals surface area (Å²) in [7, 11) is 0. The van der Waals surface area contributed by atoms with Crippen molar-refractivity contribution in [2.24, 2.45) is 0 Å². The molecule has 1 atom stereocenters. The third-order valence-electron chi connectivity index (χ3n) is 11.7. The fourth-order valence-corrected chi connectivity index (χ4v) is 7.67. The minimum atomic E-state index is -0.773. The fourth-order valence-electron chi connectivity index (χ4n) is 7.67. The van der Waals surface area contributed by atoms with Gasteiger partial charge in [0, 0.05) is 19.3 Å². The second-order valence-electron chi connectivity index (χ2n) is 17.8. The number of hydrogen-bond acceptors (Lipinski definition) is 6. The lowest BCUT2D eigenvalue weighted by Crippen LogP contribution is -2.30. The smallest absolute Gasteiger partial charge is 0.306 e. The molecule has 0 bridgehead atoms. The number of allylic oxidation sites excluding steroid dienone is 4. The topological polar surface area (TPSA) is 78.9 Å². The highest BCUT2D eigenvalue weighted by molar-refractivity contribution is 5.71. The first-order chi connectivity index (χ1) is 29.5. The summed E-state index contributed by atoms with van der Waals surface area (Å²) in [4.78, 5) is 37.9. The summed E-state index contributed by atoms with van der Waals surface area (Å²) < 4.78 is 16.8. The predicted octanol–water partition coefficient (Wildman–Crippen LogP) is 17.2. The lowest BCUT2D eigenvalue weighted by molar-refractivity contribution is -0.167. The zero-order valence-electron chi connectivity index (χ0n) is 40.2. The summed E-state index contributed by atoms with van der Waals surface area (Å²) in [5.74, 6) is -0.879. The molecule has 0 saturated carbocycles. The van der Waals surface area contributed by atoms with Crippen LogP contribution in [0.4, 0.5) is 0 Å². The van der Waals surface area contributed by atoms with E-state index in [0.717, 1.165) is 70.6 Å². The molecule has 0 aromatic heterocycles. The van der Waals surface area contributed by atoms with Crippen LogP contribution in [0, 0.1) is 0 Å². The summed E-state index contributed by atoms with van der Waals surface area (Å²) in [5, 5.41) is 0. The van der Waals surface area contributed by atoms with Crippen molar-refractivity contribution >= 4 is 17.9 Å². The van der Waals surface area contributed by atoms with Gasteiger partial charge in [-0.05, 0) is 70.6 Å². The minimum Gasteiger partial charge on any atom is -0.462 e. The Kier molecular flexibility index (Phi) is 47.8. The molecule has 0 aromatic rings. The number of rotatable bonds is 48. The normalized spacial score (nSPS) is 12.1. The maximum atomic E-state index is 12.8. The van der Waals surface area contributed by atoms with Crippen molar-refractivity contribution in [3.05, 3.63) is 24.3 Å². The van der Waals surface area contributed by atoms with Gasteiger partial charge in [0.15, 0.2) is 6.10 Å². The average molecular weight is 845 g/mol. The molecule has 0 radical (unpaired) electrons. The molecule has 6 heteroatoms.